The molecule has 1 N–H and O–H groups in total. The lowest BCUT2D eigenvalue weighted by Gasteiger charge is -2.23. The summed E-state index contributed by atoms with van der Waals surface area (Å²) in [6.45, 7) is 2.64. The number of aryl methyl sites for hydroxylation is 1. The average molecular weight is 308 g/mol. The van der Waals surface area contributed by atoms with Crippen molar-refractivity contribution in [2.75, 3.05) is 18.7 Å². The molecule has 0 aliphatic carbocycles. The Bertz CT molecular complexity index is 492. The molecule has 0 bridgehead atoms. The Kier molecular flexibility index (Phi) is 5.94. The molecule has 1 amide bonds. The summed E-state index contributed by atoms with van der Waals surface area (Å²) in [4.78, 5) is 14.3. The molecule has 3 atom stereocenters. The molecular weight excluding hydrogens is 284 g/mol. The van der Waals surface area contributed by atoms with E-state index in [4.69, 9.17) is 0 Å². The third-order valence-electron chi connectivity index (χ3n) is 4.01. The average Bonchev–Trinajstić information content (AvgIpc) is 2.85. The zero-order chi connectivity index (χ0) is 15.2. The van der Waals surface area contributed by atoms with E-state index in [9.17, 15) is 9.00 Å². The van der Waals surface area contributed by atoms with Crippen molar-refractivity contribution in [1.82, 2.24) is 10.2 Å². The van der Waals surface area contributed by atoms with Crippen molar-refractivity contribution >= 4 is 16.7 Å². The molecule has 1 fully saturated rings. The molecule has 2 rings (SSSR count). The van der Waals surface area contributed by atoms with Gasteiger partial charge in [-0.15, -0.1) is 0 Å². The number of benzene rings is 1. The predicted octanol–water partition coefficient (Wildman–Crippen LogP) is 1.53. The van der Waals surface area contributed by atoms with Crippen LogP contribution in [0.15, 0.2) is 30.3 Å². The number of rotatable bonds is 7. The number of nitrogens with one attached hydrogen (secondary N) is 1. The zero-order valence-electron chi connectivity index (χ0n) is 12.7. The van der Waals surface area contributed by atoms with Gasteiger partial charge in [-0.1, -0.05) is 30.3 Å². The van der Waals surface area contributed by atoms with Gasteiger partial charge in [0.05, 0.1) is 12.7 Å². The highest BCUT2D eigenvalue weighted by atomic mass is 32.2. The van der Waals surface area contributed by atoms with Gasteiger partial charge in [-0.3, -0.25) is 14.3 Å². The highest BCUT2D eigenvalue weighted by molar-refractivity contribution is 7.84. The number of carbonyl (C=O) groups is 1. The van der Waals surface area contributed by atoms with Crippen molar-refractivity contribution in [3.05, 3.63) is 35.9 Å². The Morgan fingerprint density at radius 1 is 1.38 bits per heavy atom. The Hall–Kier alpha value is -1.20. The number of nitrogens with zero attached hydrogens (tertiary/aromatic N) is 1. The van der Waals surface area contributed by atoms with Crippen LogP contribution in [0, 0.1) is 0 Å². The first-order chi connectivity index (χ1) is 10.1. The summed E-state index contributed by atoms with van der Waals surface area (Å²) in [7, 11) is -0.793. The number of carbonyl (C=O) groups excluding carboxylic acids is 1. The molecule has 1 aliphatic rings. The monoisotopic (exact) mass is 308 g/mol. The van der Waals surface area contributed by atoms with E-state index in [0.717, 1.165) is 19.3 Å². The topological polar surface area (TPSA) is 49.4 Å². The van der Waals surface area contributed by atoms with Gasteiger partial charge < -0.3 is 4.90 Å². The van der Waals surface area contributed by atoms with Crippen molar-refractivity contribution in [2.24, 2.45) is 0 Å². The second kappa shape index (κ2) is 7.71. The maximum atomic E-state index is 12.4. The summed E-state index contributed by atoms with van der Waals surface area (Å²) in [5.74, 6) is 0.833. The van der Waals surface area contributed by atoms with Crippen LogP contribution >= 0.6 is 0 Å². The fourth-order valence-corrected chi connectivity index (χ4v) is 3.29. The third kappa shape index (κ3) is 4.64. The lowest BCUT2D eigenvalue weighted by molar-refractivity contribution is -0.130. The van der Waals surface area contributed by atoms with Gasteiger partial charge in [-0.2, -0.15) is 0 Å². The molecule has 1 aromatic rings. The molecule has 1 saturated heterocycles. The van der Waals surface area contributed by atoms with E-state index in [0.29, 0.717) is 12.4 Å². The third-order valence-corrected chi connectivity index (χ3v) is 4.82. The first-order valence-electron chi connectivity index (χ1n) is 7.45. The van der Waals surface area contributed by atoms with Crippen LogP contribution in [0.4, 0.5) is 0 Å². The fourth-order valence-electron chi connectivity index (χ4n) is 2.62. The van der Waals surface area contributed by atoms with Gasteiger partial charge in [0, 0.05) is 28.9 Å². The van der Waals surface area contributed by atoms with Crippen LogP contribution in [0.1, 0.15) is 25.3 Å². The quantitative estimate of drug-likeness (QED) is 0.831. The van der Waals surface area contributed by atoms with E-state index in [2.05, 4.69) is 17.4 Å². The van der Waals surface area contributed by atoms with E-state index in [1.165, 1.54) is 5.56 Å². The molecule has 1 aromatic carbocycles. The summed E-state index contributed by atoms with van der Waals surface area (Å²) in [5, 5.41) is 3.30. The van der Waals surface area contributed by atoms with Gasteiger partial charge in [0.25, 0.3) is 0 Å². The molecule has 116 valence electrons. The molecular formula is C16H24N2O2S. The maximum Gasteiger partial charge on any atom is 0.241 e. The maximum absolute atomic E-state index is 12.4. The molecule has 1 heterocycles. The van der Waals surface area contributed by atoms with Crippen molar-refractivity contribution in [1.29, 1.82) is 0 Å². The minimum atomic E-state index is -0.793. The van der Waals surface area contributed by atoms with Crippen LogP contribution < -0.4 is 5.32 Å². The van der Waals surface area contributed by atoms with Crippen LogP contribution in [-0.4, -0.2) is 45.8 Å². The van der Waals surface area contributed by atoms with Gasteiger partial charge in [0.15, 0.2) is 0 Å². The standard InChI is InChI=1S/C16H24N2O2S/c1-13(10-11-21(2)20)18-12-17-15(16(18)19)9-8-14-6-4-3-5-7-14/h3-7,13,15,17H,8-12H2,1-2H3. The van der Waals surface area contributed by atoms with E-state index >= 15 is 0 Å². The minimum absolute atomic E-state index is 0.0835. The molecule has 21 heavy (non-hydrogen) atoms. The summed E-state index contributed by atoms with van der Waals surface area (Å²) >= 11 is 0. The van der Waals surface area contributed by atoms with E-state index in [1.807, 2.05) is 30.0 Å². The summed E-state index contributed by atoms with van der Waals surface area (Å²) < 4.78 is 11.2. The summed E-state index contributed by atoms with van der Waals surface area (Å²) in [5.41, 5.74) is 1.26. The van der Waals surface area contributed by atoms with Crippen LogP contribution in [-0.2, 0) is 22.0 Å². The number of hydrogen-bond acceptors (Lipinski definition) is 3. The van der Waals surface area contributed by atoms with Gasteiger partial charge in [0.1, 0.15) is 0 Å². The molecule has 0 spiro atoms. The Balaban J connectivity index is 1.82. The normalized spacial score (nSPS) is 21.5. The molecule has 0 aromatic heterocycles. The lowest BCUT2D eigenvalue weighted by Crippen LogP contribution is -2.37. The molecule has 4 nitrogen and oxygen atoms in total. The van der Waals surface area contributed by atoms with E-state index in [1.54, 1.807) is 6.26 Å². The minimum Gasteiger partial charge on any atom is -0.326 e. The fraction of sp³-hybridized carbons (Fsp3) is 0.562. The van der Waals surface area contributed by atoms with Crippen LogP contribution in [0.2, 0.25) is 0 Å². The molecule has 0 saturated carbocycles. The lowest BCUT2D eigenvalue weighted by atomic mass is 10.1. The number of hydrogen-bond donors (Lipinski definition) is 1. The van der Waals surface area contributed by atoms with Crippen LogP contribution in [0.3, 0.4) is 0 Å². The Morgan fingerprint density at radius 2 is 2.10 bits per heavy atom. The molecule has 1 aliphatic heterocycles. The van der Waals surface area contributed by atoms with Crippen LogP contribution in [0.25, 0.3) is 0 Å². The SMILES string of the molecule is CC(CCS(C)=O)N1CNC(CCc2ccccc2)C1=O. The first kappa shape index (κ1) is 16.2. The number of amides is 1. The highest BCUT2D eigenvalue weighted by Gasteiger charge is 2.33. The van der Waals surface area contributed by atoms with Gasteiger partial charge >= 0.3 is 0 Å². The second-order valence-electron chi connectivity index (χ2n) is 5.66. The van der Waals surface area contributed by atoms with Crippen molar-refractivity contribution < 1.29 is 9.00 Å². The van der Waals surface area contributed by atoms with Gasteiger partial charge in [0.2, 0.25) is 5.91 Å². The van der Waals surface area contributed by atoms with E-state index in [-0.39, 0.29) is 18.0 Å². The van der Waals surface area contributed by atoms with Crippen molar-refractivity contribution in [3.63, 3.8) is 0 Å². The smallest absolute Gasteiger partial charge is 0.241 e. The molecule has 0 radical (unpaired) electrons. The van der Waals surface area contributed by atoms with Gasteiger partial charge in [-0.25, -0.2) is 0 Å². The first-order valence-corrected chi connectivity index (χ1v) is 9.18. The Morgan fingerprint density at radius 3 is 2.76 bits per heavy atom. The van der Waals surface area contributed by atoms with Crippen molar-refractivity contribution in [2.45, 2.75) is 38.3 Å². The van der Waals surface area contributed by atoms with Crippen molar-refractivity contribution in [3.8, 4) is 0 Å². The summed E-state index contributed by atoms with van der Waals surface area (Å²) in [6, 6.07) is 10.3. The van der Waals surface area contributed by atoms with Crippen LogP contribution in [0.5, 0.6) is 0 Å². The second-order valence-corrected chi connectivity index (χ2v) is 7.22. The Labute approximate surface area is 129 Å². The zero-order valence-corrected chi connectivity index (χ0v) is 13.6. The van der Waals surface area contributed by atoms with E-state index < -0.39 is 10.8 Å². The molecule has 5 heteroatoms. The predicted molar refractivity (Wildman–Crippen MR) is 86.4 cm³/mol. The largest absolute Gasteiger partial charge is 0.326 e. The summed E-state index contributed by atoms with van der Waals surface area (Å²) in [6.07, 6.45) is 4.23. The molecule has 3 unspecified atom stereocenters. The highest BCUT2D eigenvalue weighted by Crippen LogP contribution is 2.15. The van der Waals surface area contributed by atoms with Gasteiger partial charge in [-0.05, 0) is 31.7 Å².